The van der Waals surface area contributed by atoms with Crippen LogP contribution in [0.15, 0.2) is 0 Å². The maximum absolute atomic E-state index is 11.8. The standard InChI is InChI=1S/C12H25NO3S/c1-10(9-13)5-6-11(14)7-8-17(15,16)12(2,3)4/h10H,5-9,13H2,1-4H3. The molecule has 102 valence electrons. The van der Waals surface area contributed by atoms with E-state index in [0.717, 1.165) is 6.42 Å². The van der Waals surface area contributed by atoms with Gasteiger partial charge in [-0.15, -0.1) is 0 Å². The molecule has 0 aromatic carbocycles. The normalized spacial score (nSPS) is 14.6. The van der Waals surface area contributed by atoms with Crippen LogP contribution < -0.4 is 5.73 Å². The van der Waals surface area contributed by atoms with Gasteiger partial charge in [-0.25, -0.2) is 8.42 Å². The summed E-state index contributed by atoms with van der Waals surface area (Å²) in [6.45, 7) is 7.52. The molecule has 2 N–H and O–H groups in total. The molecule has 4 nitrogen and oxygen atoms in total. The summed E-state index contributed by atoms with van der Waals surface area (Å²) in [6, 6.07) is 0. The molecular weight excluding hydrogens is 238 g/mol. The Hall–Kier alpha value is -0.420. The Bertz CT molecular complexity index is 341. The molecule has 0 aliphatic heterocycles. The number of ketones is 1. The van der Waals surface area contributed by atoms with E-state index in [0.29, 0.717) is 18.9 Å². The molecule has 0 rings (SSSR count). The molecular formula is C12H25NO3S. The van der Waals surface area contributed by atoms with E-state index in [1.54, 1.807) is 20.8 Å². The molecule has 0 saturated carbocycles. The van der Waals surface area contributed by atoms with Gasteiger partial charge >= 0.3 is 0 Å². The highest BCUT2D eigenvalue weighted by atomic mass is 32.2. The fourth-order valence-electron chi connectivity index (χ4n) is 1.20. The molecule has 0 amide bonds. The molecule has 0 aromatic heterocycles. The number of Topliss-reactive ketones (excluding diaryl/α,β-unsaturated/α-hetero) is 1. The van der Waals surface area contributed by atoms with E-state index in [1.165, 1.54) is 0 Å². The predicted molar refractivity (Wildman–Crippen MR) is 70.6 cm³/mol. The number of hydrogen-bond acceptors (Lipinski definition) is 4. The van der Waals surface area contributed by atoms with Gasteiger partial charge < -0.3 is 5.73 Å². The van der Waals surface area contributed by atoms with Crippen molar-refractivity contribution in [3.63, 3.8) is 0 Å². The fourth-order valence-corrected chi connectivity index (χ4v) is 2.31. The number of carbonyl (C=O) groups is 1. The monoisotopic (exact) mass is 263 g/mol. The Kier molecular flexibility index (Phi) is 6.34. The summed E-state index contributed by atoms with van der Waals surface area (Å²) in [5.74, 6) is 0.281. The van der Waals surface area contributed by atoms with Gasteiger partial charge in [-0.3, -0.25) is 4.79 Å². The Labute approximate surface area is 105 Å². The van der Waals surface area contributed by atoms with Crippen molar-refractivity contribution >= 4 is 15.6 Å². The van der Waals surface area contributed by atoms with Gasteiger partial charge in [0.25, 0.3) is 0 Å². The molecule has 0 fully saturated rings. The maximum atomic E-state index is 11.8. The van der Waals surface area contributed by atoms with Gasteiger partial charge in [0.05, 0.1) is 10.5 Å². The zero-order valence-electron chi connectivity index (χ0n) is 11.3. The van der Waals surface area contributed by atoms with E-state index in [-0.39, 0.29) is 18.0 Å². The summed E-state index contributed by atoms with van der Waals surface area (Å²) in [6.07, 6.45) is 1.29. The van der Waals surface area contributed by atoms with Crippen LogP contribution in [0.1, 0.15) is 47.0 Å². The molecule has 0 aromatic rings. The molecule has 0 aliphatic rings. The van der Waals surface area contributed by atoms with Crippen molar-refractivity contribution < 1.29 is 13.2 Å². The topological polar surface area (TPSA) is 77.2 Å². The third-order valence-electron chi connectivity index (χ3n) is 2.90. The maximum Gasteiger partial charge on any atom is 0.155 e. The van der Waals surface area contributed by atoms with Crippen LogP contribution in [-0.4, -0.2) is 31.2 Å². The fraction of sp³-hybridized carbons (Fsp3) is 0.917. The van der Waals surface area contributed by atoms with Gasteiger partial charge in [0.2, 0.25) is 0 Å². The predicted octanol–water partition coefficient (Wildman–Crippen LogP) is 1.53. The minimum absolute atomic E-state index is 0.0122. The van der Waals surface area contributed by atoms with Gasteiger partial charge in [0, 0.05) is 12.8 Å². The van der Waals surface area contributed by atoms with Crippen LogP contribution in [0.5, 0.6) is 0 Å². The van der Waals surface area contributed by atoms with E-state index in [9.17, 15) is 13.2 Å². The molecule has 0 aliphatic carbocycles. The summed E-state index contributed by atoms with van der Waals surface area (Å²) < 4.78 is 22.8. The van der Waals surface area contributed by atoms with Crippen LogP contribution in [0.4, 0.5) is 0 Å². The average Bonchev–Trinajstić information content (AvgIpc) is 2.21. The van der Waals surface area contributed by atoms with E-state index < -0.39 is 14.6 Å². The lowest BCUT2D eigenvalue weighted by molar-refractivity contribution is -0.118. The SMILES string of the molecule is CC(CN)CCC(=O)CCS(=O)(=O)C(C)(C)C. The lowest BCUT2D eigenvalue weighted by Crippen LogP contribution is -2.31. The first-order valence-corrected chi connectivity index (χ1v) is 7.69. The van der Waals surface area contributed by atoms with Crippen molar-refractivity contribution in [1.82, 2.24) is 0 Å². The summed E-state index contributed by atoms with van der Waals surface area (Å²) in [4.78, 5) is 11.5. The number of carbonyl (C=O) groups excluding carboxylic acids is 1. The van der Waals surface area contributed by atoms with Crippen molar-refractivity contribution in [2.24, 2.45) is 11.7 Å². The van der Waals surface area contributed by atoms with Gasteiger partial charge in [0.1, 0.15) is 5.78 Å². The minimum Gasteiger partial charge on any atom is -0.330 e. The molecule has 0 heterocycles. The largest absolute Gasteiger partial charge is 0.330 e. The van der Waals surface area contributed by atoms with E-state index in [4.69, 9.17) is 5.73 Å². The van der Waals surface area contributed by atoms with Crippen molar-refractivity contribution in [3.8, 4) is 0 Å². The number of nitrogens with two attached hydrogens (primary N) is 1. The second kappa shape index (κ2) is 6.50. The van der Waals surface area contributed by atoms with Crippen LogP contribution in [0, 0.1) is 5.92 Å². The first-order chi connectivity index (χ1) is 7.60. The third kappa shape index (κ3) is 6.17. The Morgan fingerprint density at radius 3 is 2.18 bits per heavy atom. The molecule has 0 bridgehead atoms. The summed E-state index contributed by atoms with van der Waals surface area (Å²) >= 11 is 0. The highest BCUT2D eigenvalue weighted by molar-refractivity contribution is 7.92. The van der Waals surface area contributed by atoms with Crippen molar-refractivity contribution in [2.75, 3.05) is 12.3 Å². The first kappa shape index (κ1) is 16.6. The highest BCUT2D eigenvalue weighted by Gasteiger charge is 2.28. The summed E-state index contributed by atoms with van der Waals surface area (Å²) in [7, 11) is -3.18. The molecule has 5 heteroatoms. The van der Waals surface area contributed by atoms with Crippen molar-refractivity contribution in [3.05, 3.63) is 0 Å². The highest BCUT2D eigenvalue weighted by Crippen LogP contribution is 2.17. The zero-order valence-corrected chi connectivity index (χ0v) is 12.1. The lowest BCUT2D eigenvalue weighted by Gasteiger charge is -2.18. The Balaban J connectivity index is 4.10. The van der Waals surface area contributed by atoms with Crippen molar-refractivity contribution in [1.29, 1.82) is 0 Å². The molecule has 1 unspecified atom stereocenters. The van der Waals surface area contributed by atoms with Crippen LogP contribution >= 0.6 is 0 Å². The molecule has 1 atom stereocenters. The smallest absolute Gasteiger partial charge is 0.155 e. The van der Waals surface area contributed by atoms with Crippen LogP contribution in [0.25, 0.3) is 0 Å². The molecule has 0 spiro atoms. The van der Waals surface area contributed by atoms with Gasteiger partial charge in [-0.1, -0.05) is 6.92 Å². The van der Waals surface area contributed by atoms with E-state index >= 15 is 0 Å². The average molecular weight is 263 g/mol. The van der Waals surface area contributed by atoms with E-state index in [1.807, 2.05) is 6.92 Å². The van der Waals surface area contributed by atoms with Crippen LogP contribution in [0.3, 0.4) is 0 Å². The number of hydrogen-bond donors (Lipinski definition) is 1. The van der Waals surface area contributed by atoms with Crippen molar-refractivity contribution in [2.45, 2.75) is 51.7 Å². The van der Waals surface area contributed by atoms with Gasteiger partial charge in [0.15, 0.2) is 9.84 Å². The Morgan fingerprint density at radius 1 is 1.24 bits per heavy atom. The lowest BCUT2D eigenvalue weighted by atomic mass is 10.0. The third-order valence-corrected chi connectivity index (χ3v) is 5.51. The quantitative estimate of drug-likeness (QED) is 0.755. The van der Waals surface area contributed by atoms with Gasteiger partial charge in [-0.2, -0.15) is 0 Å². The minimum atomic E-state index is -3.18. The first-order valence-electron chi connectivity index (χ1n) is 6.04. The second-order valence-corrected chi connectivity index (χ2v) is 8.46. The van der Waals surface area contributed by atoms with E-state index in [2.05, 4.69) is 0 Å². The summed E-state index contributed by atoms with van der Waals surface area (Å²) in [5.41, 5.74) is 5.45. The number of rotatable bonds is 7. The van der Waals surface area contributed by atoms with Gasteiger partial charge in [-0.05, 0) is 39.7 Å². The van der Waals surface area contributed by atoms with Crippen LogP contribution in [-0.2, 0) is 14.6 Å². The Morgan fingerprint density at radius 2 is 1.76 bits per heavy atom. The molecule has 17 heavy (non-hydrogen) atoms. The number of sulfone groups is 1. The zero-order chi connectivity index (χ0) is 13.7. The molecule has 0 radical (unpaired) electrons. The second-order valence-electron chi connectivity index (χ2n) is 5.60. The summed E-state index contributed by atoms with van der Waals surface area (Å²) in [5, 5.41) is 0. The molecule has 0 saturated heterocycles. The van der Waals surface area contributed by atoms with Crippen LogP contribution in [0.2, 0.25) is 0 Å².